The quantitative estimate of drug-likeness (QED) is 0.848. The van der Waals surface area contributed by atoms with E-state index >= 15 is 0 Å². The van der Waals surface area contributed by atoms with Gasteiger partial charge in [0.15, 0.2) is 5.17 Å². The Bertz CT molecular complexity index is 343. The van der Waals surface area contributed by atoms with Crippen LogP contribution in [0.3, 0.4) is 0 Å². The van der Waals surface area contributed by atoms with E-state index < -0.39 is 0 Å². The van der Waals surface area contributed by atoms with E-state index in [1.54, 1.807) is 0 Å². The zero-order valence-electron chi connectivity index (χ0n) is 11.5. The zero-order chi connectivity index (χ0) is 13.1. The summed E-state index contributed by atoms with van der Waals surface area (Å²) in [6, 6.07) is 0.845. The van der Waals surface area contributed by atoms with Crippen molar-refractivity contribution in [1.29, 1.82) is 0 Å². The fraction of sp³-hybridized carbons (Fsp3) is 0.846. The predicted octanol–water partition coefficient (Wildman–Crippen LogP) is 1.71. The van der Waals surface area contributed by atoms with Crippen molar-refractivity contribution in [3.05, 3.63) is 0 Å². The lowest BCUT2D eigenvalue weighted by atomic mass is 10.1. The van der Waals surface area contributed by atoms with E-state index in [0.717, 1.165) is 23.9 Å². The molecule has 0 saturated carbocycles. The Hall–Kier alpha value is -0.710. The molecular weight excluding hydrogens is 246 g/mol. The minimum absolute atomic E-state index is 0.256. The summed E-state index contributed by atoms with van der Waals surface area (Å²) in [6.45, 7) is 5.29. The van der Waals surface area contributed by atoms with Crippen molar-refractivity contribution in [2.45, 2.75) is 45.2 Å². The summed E-state index contributed by atoms with van der Waals surface area (Å²) in [4.78, 5) is 18.0. The number of amidine groups is 1. The molecule has 0 spiro atoms. The van der Waals surface area contributed by atoms with Crippen LogP contribution < -0.4 is 5.32 Å². The Morgan fingerprint density at radius 1 is 1.56 bits per heavy atom. The van der Waals surface area contributed by atoms with Crippen LogP contribution in [0.1, 0.15) is 33.1 Å². The van der Waals surface area contributed by atoms with Crippen LogP contribution in [0, 0.1) is 5.92 Å². The smallest absolute Gasteiger partial charge is 0.222 e. The largest absolute Gasteiger partial charge is 0.360 e. The maximum atomic E-state index is 11.4. The second-order valence-corrected chi connectivity index (χ2v) is 6.69. The van der Waals surface area contributed by atoms with Crippen molar-refractivity contribution in [1.82, 2.24) is 10.2 Å². The third-order valence-corrected chi connectivity index (χ3v) is 4.46. The van der Waals surface area contributed by atoms with E-state index in [4.69, 9.17) is 4.99 Å². The fourth-order valence-electron chi connectivity index (χ4n) is 2.46. The lowest BCUT2D eigenvalue weighted by molar-refractivity contribution is -0.132. The Morgan fingerprint density at radius 3 is 3.00 bits per heavy atom. The van der Waals surface area contributed by atoms with Gasteiger partial charge in [0.2, 0.25) is 5.91 Å². The minimum atomic E-state index is 0.256. The summed E-state index contributed by atoms with van der Waals surface area (Å²) in [6.07, 6.45) is 2.75. The normalized spacial score (nSPS) is 28.8. The number of carbonyl (C=O) groups is 1. The highest BCUT2D eigenvalue weighted by Gasteiger charge is 2.26. The number of carbonyl (C=O) groups excluding carboxylic acids is 1. The summed E-state index contributed by atoms with van der Waals surface area (Å²) in [5, 5.41) is 4.57. The molecular formula is C13H23N3OS. The number of rotatable bonds is 3. The van der Waals surface area contributed by atoms with E-state index in [9.17, 15) is 4.79 Å². The molecule has 18 heavy (non-hydrogen) atoms. The second kappa shape index (κ2) is 5.95. The molecule has 5 heteroatoms. The van der Waals surface area contributed by atoms with Crippen molar-refractivity contribution >= 4 is 22.8 Å². The van der Waals surface area contributed by atoms with Gasteiger partial charge in [-0.3, -0.25) is 9.79 Å². The van der Waals surface area contributed by atoms with E-state index in [-0.39, 0.29) is 5.91 Å². The van der Waals surface area contributed by atoms with Crippen LogP contribution in [-0.2, 0) is 4.79 Å². The fourth-order valence-corrected chi connectivity index (χ4v) is 3.50. The standard InChI is InChI=1S/C13H23N3OS/c1-9(2)6-11-8-18-13(15-11)14-10-4-5-12(17)16(3)7-10/h9-11H,4-8H2,1-3H3,(H,14,15). The van der Waals surface area contributed by atoms with Crippen molar-refractivity contribution < 1.29 is 4.79 Å². The molecule has 102 valence electrons. The summed E-state index contributed by atoms with van der Waals surface area (Å²) in [7, 11) is 1.88. The monoisotopic (exact) mass is 269 g/mol. The number of likely N-dealkylation sites (N-methyl/N-ethyl adjacent to an activating group) is 1. The number of nitrogens with one attached hydrogen (secondary N) is 1. The number of hydrogen-bond donors (Lipinski definition) is 1. The molecule has 0 aromatic heterocycles. The average Bonchev–Trinajstić information content (AvgIpc) is 2.70. The SMILES string of the molecule is CC(C)CC1CSC(NC2CCC(=O)N(C)C2)=N1. The molecule has 1 saturated heterocycles. The molecule has 2 unspecified atom stereocenters. The van der Waals surface area contributed by atoms with Crippen LogP contribution in [0.4, 0.5) is 0 Å². The molecule has 0 bridgehead atoms. The first-order valence-corrected chi connectivity index (χ1v) is 7.74. The van der Waals surface area contributed by atoms with E-state index in [2.05, 4.69) is 19.2 Å². The molecule has 0 aromatic carbocycles. The molecule has 0 aromatic rings. The van der Waals surface area contributed by atoms with Crippen LogP contribution >= 0.6 is 11.8 Å². The number of nitrogens with zero attached hydrogens (tertiary/aromatic N) is 2. The molecule has 0 aliphatic carbocycles. The van der Waals surface area contributed by atoms with E-state index in [1.807, 2.05) is 23.7 Å². The summed E-state index contributed by atoms with van der Waals surface area (Å²) in [5.74, 6) is 2.06. The maximum absolute atomic E-state index is 11.4. The van der Waals surface area contributed by atoms with Crippen LogP contribution in [0.15, 0.2) is 4.99 Å². The number of thioether (sulfide) groups is 1. The van der Waals surface area contributed by atoms with Crippen molar-refractivity contribution in [3.63, 3.8) is 0 Å². The molecule has 2 aliphatic heterocycles. The molecule has 0 radical (unpaired) electrons. The van der Waals surface area contributed by atoms with Crippen LogP contribution in [-0.4, -0.2) is 47.4 Å². The lowest BCUT2D eigenvalue weighted by Crippen LogP contribution is -2.47. The van der Waals surface area contributed by atoms with Crippen molar-refractivity contribution in [3.8, 4) is 0 Å². The first kappa shape index (κ1) is 13.7. The molecule has 4 nitrogen and oxygen atoms in total. The number of aliphatic imine (C=N–C) groups is 1. The van der Waals surface area contributed by atoms with Gasteiger partial charge >= 0.3 is 0 Å². The maximum Gasteiger partial charge on any atom is 0.222 e. The van der Waals surface area contributed by atoms with Crippen molar-refractivity contribution in [2.24, 2.45) is 10.9 Å². The van der Waals surface area contributed by atoms with Crippen LogP contribution in [0.25, 0.3) is 0 Å². The summed E-state index contributed by atoms with van der Waals surface area (Å²) in [5.41, 5.74) is 0. The summed E-state index contributed by atoms with van der Waals surface area (Å²) >= 11 is 1.82. The van der Waals surface area contributed by atoms with Gasteiger partial charge in [0.05, 0.1) is 6.04 Å². The van der Waals surface area contributed by atoms with Gasteiger partial charge in [0, 0.05) is 31.8 Å². The molecule has 2 rings (SSSR count). The number of hydrogen-bond acceptors (Lipinski definition) is 4. The van der Waals surface area contributed by atoms with E-state index in [1.165, 1.54) is 6.42 Å². The van der Waals surface area contributed by atoms with Gasteiger partial charge in [-0.1, -0.05) is 25.6 Å². The van der Waals surface area contributed by atoms with Gasteiger partial charge in [-0.05, 0) is 18.8 Å². The van der Waals surface area contributed by atoms with Crippen molar-refractivity contribution in [2.75, 3.05) is 19.3 Å². The number of piperidine rings is 1. The second-order valence-electron chi connectivity index (χ2n) is 5.68. The number of likely N-dealkylation sites (tertiary alicyclic amines) is 1. The molecule has 2 aliphatic rings. The highest BCUT2D eigenvalue weighted by molar-refractivity contribution is 8.14. The van der Waals surface area contributed by atoms with Gasteiger partial charge in [-0.2, -0.15) is 0 Å². The Morgan fingerprint density at radius 2 is 2.33 bits per heavy atom. The third kappa shape index (κ3) is 3.64. The Kier molecular flexibility index (Phi) is 4.54. The lowest BCUT2D eigenvalue weighted by Gasteiger charge is -2.30. The van der Waals surface area contributed by atoms with Gasteiger partial charge in [-0.25, -0.2) is 0 Å². The molecule has 2 atom stereocenters. The Balaban J connectivity index is 1.82. The van der Waals surface area contributed by atoms with Gasteiger partial charge in [0.25, 0.3) is 0 Å². The van der Waals surface area contributed by atoms with Gasteiger partial charge < -0.3 is 10.2 Å². The number of amides is 1. The van der Waals surface area contributed by atoms with Crippen LogP contribution in [0.2, 0.25) is 0 Å². The average molecular weight is 269 g/mol. The minimum Gasteiger partial charge on any atom is -0.360 e. The molecule has 2 heterocycles. The van der Waals surface area contributed by atoms with Gasteiger partial charge in [-0.15, -0.1) is 0 Å². The van der Waals surface area contributed by atoms with E-state index in [0.29, 0.717) is 24.4 Å². The third-order valence-electron chi connectivity index (χ3n) is 3.41. The van der Waals surface area contributed by atoms with Gasteiger partial charge in [0.1, 0.15) is 0 Å². The Labute approximate surface area is 114 Å². The predicted molar refractivity (Wildman–Crippen MR) is 76.9 cm³/mol. The molecule has 1 fully saturated rings. The molecule has 1 amide bonds. The molecule has 1 N–H and O–H groups in total. The topological polar surface area (TPSA) is 44.7 Å². The first-order chi connectivity index (χ1) is 8.54. The highest BCUT2D eigenvalue weighted by Crippen LogP contribution is 2.23. The van der Waals surface area contributed by atoms with Crippen LogP contribution in [0.5, 0.6) is 0 Å². The zero-order valence-corrected chi connectivity index (χ0v) is 12.3. The highest BCUT2D eigenvalue weighted by atomic mass is 32.2. The summed E-state index contributed by atoms with van der Waals surface area (Å²) < 4.78 is 0. The first-order valence-electron chi connectivity index (χ1n) is 6.75.